The number of aryl methyl sites for hydroxylation is 1. The van der Waals surface area contributed by atoms with Gasteiger partial charge in [-0.15, -0.1) is 0 Å². The standard InChI is InChI=1S/C21H25N3O3/c1-5-14(2)16-6-8-17(9-7-16)26-13-18-10-11-20(27-18)21(25)23-19-12-22-24(4)15(19)3/h6-12,14H,5,13H2,1-4H3,(H,23,25). The van der Waals surface area contributed by atoms with Crippen molar-refractivity contribution in [1.29, 1.82) is 0 Å². The highest BCUT2D eigenvalue weighted by Crippen LogP contribution is 2.22. The maximum Gasteiger partial charge on any atom is 0.291 e. The highest BCUT2D eigenvalue weighted by molar-refractivity contribution is 6.02. The number of anilines is 1. The van der Waals surface area contributed by atoms with E-state index in [0.717, 1.165) is 17.9 Å². The van der Waals surface area contributed by atoms with Crippen molar-refractivity contribution < 1.29 is 13.9 Å². The van der Waals surface area contributed by atoms with Crippen LogP contribution in [0, 0.1) is 6.92 Å². The van der Waals surface area contributed by atoms with Gasteiger partial charge in [-0.3, -0.25) is 9.48 Å². The summed E-state index contributed by atoms with van der Waals surface area (Å²) in [6.07, 6.45) is 2.72. The van der Waals surface area contributed by atoms with E-state index in [9.17, 15) is 4.79 Å². The molecule has 27 heavy (non-hydrogen) atoms. The van der Waals surface area contributed by atoms with Crippen LogP contribution in [0.4, 0.5) is 5.69 Å². The van der Waals surface area contributed by atoms with E-state index in [-0.39, 0.29) is 18.3 Å². The lowest BCUT2D eigenvalue weighted by Gasteiger charge is -2.10. The predicted molar refractivity (Wildman–Crippen MR) is 104 cm³/mol. The van der Waals surface area contributed by atoms with E-state index in [4.69, 9.17) is 9.15 Å². The number of nitrogens with one attached hydrogen (secondary N) is 1. The van der Waals surface area contributed by atoms with Crippen molar-refractivity contribution in [2.45, 2.75) is 39.7 Å². The Bertz CT molecular complexity index is 909. The Morgan fingerprint density at radius 3 is 2.63 bits per heavy atom. The molecule has 2 heterocycles. The smallest absolute Gasteiger partial charge is 0.291 e. The van der Waals surface area contributed by atoms with Crippen LogP contribution in [-0.4, -0.2) is 15.7 Å². The number of hydrogen-bond acceptors (Lipinski definition) is 4. The number of furan rings is 1. The van der Waals surface area contributed by atoms with Crippen LogP contribution in [-0.2, 0) is 13.7 Å². The zero-order valence-electron chi connectivity index (χ0n) is 16.2. The molecule has 0 aliphatic rings. The number of benzene rings is 1. The second-order valence-corrected chi connectivity index (χ2v) is 6.65. The number of ether oxygens (including phenoxy) is 1. The van der Waals surface area contributed by atoms with E-state index in [0.29, 0.717) is 17.4 Å². The van der Waals surface area contributed by atoms with Crippen molar-refractivity contribution in [3.63, 3.8) is 0 Å². The van der Waals surface area contributed by atoms with Gasteiger partial charge in [0.25, 0.3) is 5.91 Å². The molecular weight excluding hydrogens is 342 g/mol. The van der Waals surface area contributed by atoms with E-state index in [1.807, 2.05) is 26.1 Å². The van der Waals surface area contributed by atoms with Gasteiger partial charge in [-0.25, -0.2) is 0 Å². The molecule has 142 valence electrons. The molecule has 0 bridgehead atoms. The molecule has 3 rings (SSSR count). The number of carbonyl (C=O) groups is 1. The summed E-state index contributed by atoms with van der Waals surface area (Å²) in [5.41, 5.74) is 2.84. The second kappa shape index (κ2) is 8.12. The number of amides is 1. The molecule has 1 amide bonds. The lowest BCUT2D eigenvalue weighted by atomic mass is 9.99. The molecule has 1 unspecified atom stereocenters. The second-order valence-electron chi connectivity index (χ2n) is 6.65. The summed E-state index contributed by atoms with van der Waals surface area (Å²) in [5.74, 6) is 1.83. The average Bonchev–Trinajstić information content (AvgIpc) is 3.28. The van der Waals surface area contributed by atoms with Crippen molar-refractivity contribution in [3.8, 4) is 5.75 Å². The molecule has 1 N–H and O–H groups in total. The normalized spacial score (nSPS) is 12.0. The third-order valence-corrected chi connectivity index (χ3v) is 4.81. The fraction of sp³-hybridized carbons (Fsp3) is 0.333. The Morgan fingerprint density at radius 2 is 2.00 bits per heavy atom. The van der Waals surface area contributed by atoms with Crippen LogP contribution >= 0.6 is 0 Å². The van der Waals surface area contributed by atoms with Gasteiger partial charge in [0, 0.05) is 7.05 Å². The molecule has 0 radical (unpaired) electrons. The topological polar surface area (TPSA) is 69.3 Å². The third-order valence-electron chi connectivity index (χ3n) is 4.81. The molecule has 2 aromatic heterocycles. The molecule has 0 spiro atoms. The number of nitrogens with zero attached hydrogens (tertiary/aromatic N) is 2. The Labute approximate surface area is 159 Å². The van der Waals surface area contributed by atoms with Gasteiger partial charge in [-0.1, -0.05) is 26.0 Å². The van der Waals surface area contributed by atoms with E-state index in [1.165, 1.54) is 5.56 Å². The summed E-state index contributed by atoms with van der Waals surface area (Å²) in [6, 6.07) is 11.5. The van der Waals surface area contributed by atoms with Gasteiger partial charge in [0.05, 0.1) is 17.6 Å². The number of carbonyl (C=O) groups excluding carboxylic acids is 1. The van der Waals surface area contributed by atoms with Crippen molar-refractivity contribution >= 4 is 11.6 Å². The van der Waals surface area contributed by atoms with Crippen LogP contribution in [0.15, 0.2) is 47.0 Å². The van der Waals surface area contributed by atoms with Crippen molar-refractivity contribution in [3.05, 3.63) is 65.4 Å². The van der Waals surface area contributed by atoms with Gasteiger partial charge in [-0.2, -0.15) is 5.10 Å². The van der Waals surface area contributed by atoms with Crippen molar-refractivity contribution in [2.75, 3.05) is 5.32 Å². The van der Waals surface area contributed by atoms with Gasteiger partial charge in [-0.05, 0) is 49.1 Å². The lowest BCUT2D eigenvalue weighted by Crippen LogP contribution is -2.11. The molecule has 3 aromatic rings. The largest absolute Gasteiger partial charge is 0.486 e. The van der Waals surface area contributed by atoms with Crippen LogP contribution in [0.2, 0.25) is 0 Å². The Kier molecular flexibility index (Phi) is 5.64. The van der Waals surface area contributed by atoms with Gasteiger partial charge in [0.1, 0.15) is 18.1 Å². The Hall–Kier alpha value is -3.02. The fourth-order valence-corrected chi connectivity index (χ4v) is 2.67. The molecule has 0 aliphatic carbocycles. The maximum atomic E-state index is 12.3. The van der Waals surface area contributed by atoms with Gasteiger partial charge < -0.3 is 14.5 Å². The fourth-order valence-electron chi connectivity index (χ4n) is 2.67. The van der Waals surface area contributed by atoms with Crippen LogP contribution in [0.3, 0.4) is 0 Å². The highest BCUT2D eigenvalue weighted by atomic mass is 16.5. The molecular formula is C21H25N3O3. The highest BCUT2D eigenvalue weighted by Gasteiger charge is 2.14. The van der Waals surface area contributed by atoms with Crippen LogP contribution in [0.25, 0.3) is 0 Å². The van der Waals surface area contributed by atoms with E-state index in [2.05, 4.69) is 36.4 Å². The first kappa shape index (κ1) is 18.8. The third kappa shape index (κ3) is 4.39. The molecule has 1 atom stereocenters. The van der Waals surface area contributed by atoms with E-state index in [1.54, 1.807) is 23.0 Å². The summed E-state index contributed by atoms with van der Waals surface area (Å²) in [4.78, 5) is 12.3. The van der Waals surface area contributed by atoms with Crippen LogP contribution < -0.4 is 10.1 Å². The zero-order valence-corrected chi connectivity index (χ0v) is 16.2. The molecule has 0 fully saturated rings. The summed E-state index contributed by atoms with van der Waals surface area (Å²) in [6.45, 7) is 6.53. The molecule has 6 heteroatoms. The monoisotopic (exact) mass is 367 g/mol. The quantitative estimate of drug-likeness (QED) is 0.659. The summed E-state index contributed by atoms with van der Waals surface area (Å²) in [5, 5.41) is 6.90. The molecule has 1 aromatic carbocycles. The van der Waals surface area contributed by atoms with E-state index >= 15 is 0 Å². The minimum absolute atomic E-state index is 0.240. The van der Waals surface area contributed by atoms with Crippen LogP contribution in [0.1, 0.15) is 53.8 Å². The summed E-state index contributed by atoms with van der Waals surface area (Å²) in [7, 11) is 1.82. The maximum absolute atomic E-state index is 12.3. The van der Waals surface area contributed by atoms with Gasteiger partial charge >= 0.3 is 0 Å². The molecule has 6 nitrogen and oxygen atoms in total. The van der Waals surface area contributed by atoms with Crippen molar-refractivity contribution in [2.24, 2.45) is 7.05 Å². The summed E-state index contributed by atoms with van der Waals surface area (Å²) < 4.78 is 13.1. The predicted octanol–water partition coefficient (Wildman–Crippen LogP) is 4.67. The van der Waals surface area contributed by atoms with Gasteiger partial charge in [0.15, 0.2) is 5.76 Å². The zero-order chi connectivity index (χ0) is 19.4. The SMILES string of the molecule is CCC(C)c1ccc(OCc2ccc(C(=O)Nc3cnn(C)c3C)o2)cc1. The summed E-state index contributed by atoms with van der Waals surface area (Å²) >= 11 is 0. The van der Waals surface area contributed by atoms with Crippen molar-refractivity contribution in [1.82, 2.24) is 9.78 Å². The first-order chi connectivity index (χ1) is 13.0. The molecule has 0 saturated heterocycles. The lowest BCUT2D eigenvalue weighted by molar-refractivity contribution is 0.0992. The van der Waals surface area contributed by atoms with Gasteiger partial charge in [0.2, 0.25) is 0 Å². The number of rotatable bonds is 7. The number of hydrogen-bond donors (Lipinski definition) is 1. The first-order valence-corrected chi connectivity index (χ1v) is 9.09. The van der Waals surface area contributed by atoms with Crippen LogP contribution in [0.5, 0.6) is 5.75 Å². The minimum Gasteiger partial charge on any atom is -0.486 e. The Morgan fingerprint density at radius 1 is 1.26 bits per heavy atom. The molecule has 0 aliphatic heterocycles. The van der Waals surface area contributed by atoms with E-state index < -0.39 is 0 Å². The Balaban J connectivity index is 1.57. The first-order valence-electron chi connectivity index (χ1n) is 9.09. The molecule has 0 saturated carbocycles. The number of aromatic nitrogens is 2. The average molecular weight is 367 g/mol. The minimum atomic E-state index is -0.310.